The van der Waals surface area contributed by atoms with Gasteiger partial charge < -0.3 is 0 Å². The zero-order valence-electron chi connectivity index (χ0n) is 10.2. The van der Waals surface area contributed by atoms with Crippen molar-refractivity contribution in [1.82, 2.24) is 0 Å². The zero-order chi connectivity index (χ0) is 14.0. The van der Waals surface area contributed by atoms with E-state index in [0.717, 1.165) is 17.7 Å². The summed E-state index contributed by atoms with van der Waals surface area (Å²) in [4.78, 5) is 0.127. The number of hydrogen-bond acceptors (Lipinski definition) is 2. The summed E-state index contributed by atoms with van der Waals surface area (Å²) in [5.74, 6) is -2.06. The van der Waals surface area contributed by atoms with Crippen molar-refractivity contribution in [2.45, 2.75) is 17.6 Å². The van der Waals surface area contributed by atoms with Crippen LogP contribution >= 0.6 is 0 Å². The second-order valence-electron chi connectivity index (χ2n) is 4.31. The lowest BCUT2D eigenvalue weighted by molar-refractivity contribution is 0.569. The van der Waals surface area contributed by atoms with Crippen LogP contribution in [0.1, 0.15) is 11.1 Å². The van der Waals surface area contributed by atoms with Crippen LogP contribution in [-0.2, 0) is 15.6 Å². The molecule has 100 valence electrons. The number of halogens is 2. The van der Waals surface area contributed by atoms with Gasteiger partial charge in [-0.25, -0.2) is 17.2 Å². The molecule has 0 unspecified atom stereocenters. The molecule has 5 heteroatoms. The number of sulfone groups is 1. The van der Waals surface area contributed by atoms with E-state index in [9.17, 15) is 17.2 Å². The molecule has 2 nitrogen and oxygen atoms in total. The van der Waals surface area contributed by atoms with Gasteiger partial charge in [0.25, 0.3) is 0 Å². The molecule has 0 bridgehead atoms. The maximum absolute atomic E-state index is 13.5. The molecule has 2 rings (SSSR count). The number of benzene rings is 2. The van der Waals surface area contributed by atoms with Crippen molar-refractivity contribution in [3.63, 3.8) is 0 Å². The lowest BCUT2D eigenvalue weighted by atomic mass is 10.2. The highest BCUT2D eigenvalue weighted by molar-refractivity contribution is 7.90. The van der Waals surface area contributed by atoms with Crippen LogP contribution in [0.2, 0.25) is 0 Å². The molecule has 0 aromatic heterocycles. The zero-order valence-corrected chi connectivity index (χ0v) is 11.0. The van der Waals surface area contributed by atoms with Gasteiger partial charge in [0.1, 0.15) is 11.6 Å². The van der Waals surface area contributed by atoms with Gasteiger partial charge in [-0.3, -0.25) is 0 Å². The summed E-state index contributed by atoms with van der Waals surface area (Å²) >= 11 is 0. The number of hydrogen-bond donors (Lipinski definition) is 0. The minimum absolute atomic E-state index is 0.0398. The summed E-state index contributed by atoms with van der Waals surface area (Å²) in [5, 5.41) is 0. The van der Waals surface area contributed by atoms with Gasteiger partial charge in [-0.15, -0.1) is 0 Å². The van der Waals surface area contributed by atoms with Gasteiger partial charge in [-0.1, -0.05) is 23.8 Å². The Hall–Kier alpha value is -1.75. The number of aryl methyl sites for hydroxylation is 1. The van der Waals surface area contributed by atoms with Gasteiger partial charge >= 0.3 is 0 Å². The van der Waals surface area contributed by atoms with Crippen molar-refractivity contribution in [3.05, 3.63) is 65.2 Å². The fourth-order valence-electron chi connectivity index (χ4n) is 1.67. The SMILES string of the molecule is Cc1ccc(S(=O)(=O)Cc2ccc(F)cc2F)cc1. The van der Waals surface area contributed by atoms with Gasteiger partial charge in [0.2, 0.25) is 0 Å². The Balaban J connectivity index is 2.33. The van der Waals surface area contributed by atoms with Crippen LogP contribution in [0.15, 0.2) is 47.4 Å². The first-order chi connectivity index (χ1) is 8.88. The maximum Gasteiger partial charge on any atom is 0.182 e. The lowest BCUT2D eigenvalue weighted by Gasteiger charge is -2.06. The van der Waals surface area contributed by atoms with Gasteiger partial charge in [0, 0.05) is 11.6 Å². The van der Waals surface area contributed by atoms with E-state index in [2.05, 4.69) is 0 Å². The lowest BCUT2D eigenvalue weighted by Crippen LogP contribution is -2.06. The van der Waals surface area contributed by atoms with Crippen molar-refractivity contribution in [1.29, 1.82) is 0 Å². The molecule has 0 saturated carbocycles. The molecule has 2 aromatic carbocycles. The maximum atomic E-state index is 13.5. The van der Waals surface area contributed by atoms with Crippen molar-refractivity contribution < 1.29 is 17.2 Å². The van der Waals surface area contributed by atoms with Crippen LogP contribution in [0.4, 0.5) is 8.78 Å². The predicted molar refractivity (Wildman–Crippen MR) is 68.4 cm³/mol. The quantitative estimate of drug-likeness (QED) is 0.866. The second-order valence-corrected chi connectivity index (χ2v) is 6.30. The first kappa shape index (κ1) is 13.7. The van der Waals surface area contributed by atoms with Crippen LogP contribution in [0.3, 0.4) is 0 Å². The highest BCUT2D eigenvalue weighted by Gasteiger charge is 2.17. The summed E-state index contributed by atoms with van der Waals surface area (Å²) in [7, 11) is -3.63. The highest BCUT2D eigenvalue weighted by atomic mass is 32.2. The summed E-state index contributed by atoms with van der Waals surface area (Å²) in [6.07, 6.45) is 0. The van der Waals surface area contributed by atoms with Crippen molar-refractivity contribution >= 4 is 9.84 Å². The first-order valence-corrected chi connectivity index (χ1v) is 7.27. The summed E-state index contributed by atoms with van der Waals surface area (Å²) in [6.45, 7) is 1.84. The second kappa shape index (κ2) is 5.09. The average molecular weight is 282 g/mol. The molecule has 0 atom stereocenters. The Morgan fingerprint density at radius 2 is 1.63 bits per heavy atom. The molecule has 0 fully saturated rings. The van der Waals surface area contributed by atoms with E-state index in [0.29, 0.717) is 6.07 Å². The van der Waals surface area contributed by atoms with E-state index < -0.39 is 27.2 Å². The normalized spacial score (nSPS) is 11.5. The van der Waals surface area contributed by atoms with E-state index in [1.54, 1.807) is 12.1 Å². The van der Waals surface area contributed by atoms with Crippen LogP contribution < -0.4 is 0 Å². The molecule has 0 aliphatic heterocycles. The largest absolute Gasteiger partial charge is 0.223 e. The summed E-state index contributed by atoms with van der Waals surface area (Å²) in [6, 6.07) is 9.18. The minimum Gasteiger partial charge on any atom is -0.223 e. The molecule has 0 aliphatic rings. The fourth-order valence-corrected chi connectivity index (χ4v) is 3.03. The first-order valence-electron chi connectivity index (χ1n) is 5.62. The Labute approximate surface area is 110 Å². The van der Waals surface area contributed by atoms with Gasteiger partial charge in [-0.05, 0) is 25.1 Å². The van der Waals surface area contributed by atoms with Gasteiger partial charge in [-0.2, -0.15) is 0 Å². The number of rotatable bonds is 3. The van der Waals surface area contributed by atoms with Crippen LogP contribution in [0, 0.1) is 18.6 Å². The average Bonchev–Trinajstić information content (AvgIpc) is 2.33. The van der Waals surface area contributed by atoms with Crippen LogP contribution in [-0.4, -0.2) is 8.42 Å². The molecule has 0 aliphatic carbocycles. The third-order valence-corrected chi connectivity index (χ3v) is 4.42. The van der Waals surface area contributed by atoms with E-state index in [1.807, 2.05) is 6.92 Å². The van der Waals surface area contributed by atoms with Crippen molar-refractivity contribution in [3.8, 4) is 0 Å². The van der Waals surface area contributed by atoms with Crippen molar-refractivity contribution in [2.24, 2.45) is 0 Å². The third kappa shape index (κ3) is 3.17. The standard InChI is InChI=1S/C14H12F2O2S/c1-10-2-6-13(7-3-10)19(17,18)9-11-4-5-12(15)8-14(11)16/h2-8H,9H2,1H3. The highest BCUT2D eigenvalue weighted by Crippen LogP contribution is 2.19. The fraction of sp³-hybridized carbons (Fsp3) is 0.143. The molecule has 0 heterocycles. The molecule has 0 N–H and O–H groups in total. The van der Waals surface area contributed by atoms with E-state index in [1.165, 1.54) is 12.1 Å². The van der Waals surface area contributed by atoms with E-state index >= 15 is 0 Å². The molecule has 0 radical (unpaired) electrons. The summed E-state index contributed by atoms with van der Waals surface area (Å²) in [5.41, 5.74) is 0.897. The molecule has 2 aromatic rings. The monoisotopic (exact) mass is 282 g/mol. The van der Waals surface area contributed by atoms with E-state index in [4.69, 9.17) is 0 Å². The minimum atomic E-state index is -3.63. The van der Waals surface area contributed by atoms with Gasteiger partial charge in [0.05, 0.1) is 10.6 Å². The van der Waals surface area contributed by atoms with Crippen molar-refractivity contribution in [2.75, 3.05) is 0 Å². The van der Waals surface area contributed by atoms with E-state index in [-0.39, 0.29) is 10.5 Å². The summed E-state index contributed by atoms with van der Waals surface area (Å²) < 4.78 is 50.4. The molecule has 19 heavy (non-hydrogen) atoms. The Bertz CT molecular complexity index is 692. The van der Waals surface area contributed by atoms with Crippen LogP contribution in [0.25, 0.3) is 0 Å². The van der Waals surface area contributed by atoms with Gasteiger partial charge in [0.15, 0.2) is 9.84 Å². The third-order valence-electron chi connectivity index (χ3n) is 2.74. The topological polar surface area (TPSA) is 34.1 Å². The Morgan fingerprint density at radius 1 is 1.00 bits per heavy atom. The molecule has 0 spiro atoms. The predicted octanol–water partition coefficient (Wildman–Crippen LogP) is 3.25. The molecular weight excluding hydrogens is 270 g/mol. The Kier molecular flexibility index (Phi) is 3.66. The smallest absolute Gasteiger partial charge is 0.182 e. The molecule has 0 saturated heterocycles. The molecule has 0 amide bonds. The van der Waals surface area contributed by atoms with Crippen LogP contribution in [0.5, 0.6) is 0 Å². The Morgan fingerprint density at radius 3 is 2.21 bits per heavy atom. The molecular formula is C14H12F2O2S.